The van der Waals surface area contributed by atoms with Crippen molar-refractivity contribution >= 4 is 45.0 Å². The number of halogens is 3. The average molecular weight is 311 g/mol. The summed E-state index contributed by atoms with van der Waals surface area (Å²) in [5.41, 5.74) is 0.549. The van der Waals surface area contributed by atoms with Gasteiger partial charge in [0, 0.05) is 24.5 Å². The number of hydrogen-bond donors (Lipinski definition) is 0. The molecule has 0 N–H and O–H groups in total. The Kier molecular flexibility index (Phi) is 4.90. The van der Waals surface area contributed by atoms with E-state index in [1.807, 2.05) is 0 Å². The Morgan fingerprint density at radius 1 is 1.40 bits per heavy atom. The minimum absolute atomic E-state index is 0.0620. The second kappa shape index (κ2) is 5.73. The van der Waals surface area contributed by atoms with Crippen LogP contribution in [0, 0.1) is 0 Å². The van der Waals surface area contributed by atoms with Gasteiger partial charge in [-0.1, -0.05) is 39.1 Å². The van der Waals surface area contributed by atoms with Gasteiger partial charge in [0.2, 0.25) is 0 Å². The van der Waals surface area contributed by atoms with Gasteiger partial charge in [0.15, 0.2) is 0 Å². The summed E-state index contributed by atoms with van der Waals surface area (Å²) >= 11 is 14.9. The van der Waals surface area contributed by atoms with Crippen LogP contribution in [0.25, 0.3) is 0 Å². The first-order chi connectivity index (χ1) is 7.06. The van der Waals surface area contributed by atoms with Gasteiger partial charge in [0.05, 0.1) is 10.0 Å². The lowest BCUT2D eigenvalue weighted by molar-refractivity contribution is 0.0804. The number of alkyl halides is 1. The Morgan fingerprint density at radius 3 is 2.60 bits per heavy atom. The highest BCUT2D eigenvalue weighted by Crippen LogP contribution is 2.23. The molecule has 1 rings (SSSR count). The number of carbonyl (C=O) groups is 1. The first kappa shape index (κ1) is 12.8. The first-order valence-corrected chi connectivity index (χ1v) is 6.20. The predicted octanol–water partition coefficient (Wildman–Crippen LogP) is 3.46. The summed E-state index contributed by atoms with van der Waals surface area (Å²) in [4.78, 5) is 13.4. The van der Waals surface area contributed by atoms with Crippen LogP contribution in [-0.4, -0.2) is 29.7 Å². The van der Waals surface area contributed by atoms with Gasteiger partial charge in [0.25, 0.3) is 5.91 Å². The van der Waals surface area contributed by atoms with Crippen LogP contribution < -0.4 is 0 Å². The van der Waals surface area contributed by atoms with Crippen LogP contribution in [0.5, 0.6) is 0 Å². The largest absolute Gasteiger partial charge is 0.341 e. The number of amides is 1. The normalized spacial score (nSPS) is 10.1. The average Bonchev–Trinajstić information content (AvgIpc) is 2.21. The van der Waals surface area contributed by atoms with Gasteiger partial charge in [-0.05, 0) is 18.2 Å². The van der Waals surface area contributed by atoms with E-state index in [4.69, 9.17) is 23.2 Å². The lowest BCUT2D eigenvalue weighted by Gasteiger charge is -2.15. The Balaban J connectivity index is 2.87. The molecule has 0 aromatic heterocycles. The zero-order valence-electron chi connectivity index (χ0n) is 8.14. The number of carbonyl (C=O) groups excluding carboxylic acids is 1. The third-order valence-corrected chi connectivity index (χ3v) is 3.03. The van der Waals surface area contributed by atoms with Crippen LogP contribution in [0.15, 0.2) is 18.2 Å². The van der Waals surface area contributed by atoms with Crippen molar-refractivity contribution in [3.05, 3.63) is 33.8 Å². The zero-order chi connectivity index (χ0) is 11.4. The van der Waals surface area contributed by atoms with Crippen molar-refractivity contribution in [1.82, 2.24) is 4.90 Å². The standard InChI is InChI=1S/C10H10BrCl2NO/c1-14(5-4-11)10(15)7-2-3-8(12)9(13)6-7/h2-3,6H,4-5H2,1H3. The van der Waals surface area contributed by atoms with Crippen LogP contribution in [0.3, 0.4) is 0 Å². The lowest BCUT2D eigenvalue weighted by atomic mass is 10.2. The fourth-order valence-corrected chi connectivity index (χ4v) is 1.91. The molecule has 0 saturated heterocycles. The van der Waals surface area contributed by atoms with Crippen molar-refractivity contribution in [2.75, 3.05) is 18.9 Å². The molecule has 0 aliphatic heterocycles. The van der Waals surface area contributed by atoms with Crippen molar-refractivity contribution in [2.45, 2.75) is 0 Å². The van der Waals surface area contributed by atoms with E-state index in [2.05, 4.69) is 15.9 Å². The van der Waals surface area contributed by atoms with E-state index in [1.54, 1.807) is 30.1 Å². The van der Waals surface area contributed by atoms with Crippen LogP contribution in [0.4, 0.5) is 0 Å². The van der Waals surface area contributed by atoms with Crippen molar-refractivity contribution in [3.8, 4) is 0 Å². The predicted molar refractivity (Wildman–Crippen MR) is 67.2 cm³/mol. The second-order valence-electron chi connectivity index (χ2n) is 3.04. The Labute approximate surface area is 107 Å². The quantitative estimate of drug-likeness (QED) is 0.783. The fraction of sp³-hybridized carbons (Fsp3) is 0.300. The Hall–Kier alpha value is -0.250. The number of nitrogens with zero attached hydrogens (tertiary/aromatic N) is 1. The summed E-state index contributed by atoms with van der Waals surface area (Å²) in [6, 6.07) is 4.87. The maximum absolute atomic E-state index is 11.8. The first-order valence-electron chi connectivity index (χ1n) is 4.32. The molecule has 0 saturated carbocycles. The minimum Gasteiger partial charge on any atom is -0.341 e. The zero-order valence-corrected chi connectivity index (χ0v) is 11.2. The summed E-state index contributed by atoms with van der Waals surface area (Å²) in [5, 5.41) is 1.60. The van der Waals surface area contributed by atoms with Gasteiger partial charge in [0.1, 0.15) is 0 Å². The van der Waals surface area contributed by atoms with Gasteiger partial charge < -0.3 is 4.90 Å². The molecular formula is C10H10BrCl2NO. The van der Waals surface area contributed by atoms with Crippen molar-refractivity contribution in [3.63, 3.8) is 0 Å². The molecule has 5 heteroatoms. The molecule has 0 spiro atoms. The van der Waals surface area contributed by atoms with E-state index in [-0.39, 0.29) is 5.91 Å². The SMILES string of the molecule is CN(CCBr)C(=O)c1ccc(Cl)c(Cl)c1. The van der Waals surface area contributed by atoms with E-state index < -0.39 is 0 Å². The van der Waals surface area contributed by atoms with E-state index in [9.17, 15) is 4.79 Å². The molecule has 0 bridgehead atoms. The third-order valence-electron chi connectivity index (χ3n) is 1.93. The van der Waals surface area contributed by atoms with E-state index in [1.165, 1.54) is 0 Å². The Morgan fingerprint density at radius 2 is 2.07 bits per heavy atom. The van der Waals surface area contributed by atoms with Crippen LogP contribution in [-0.2, 0) is 0 Å². The highest BCUT2D eigenvalue weighted by Gasteiger charge is 2.12. The highest BCUT2D eigenvalue weighted by atomic mass is 79.9. The monoisotopic (exact) mass is 309 g/mol. The molecular weight excluding hydrogens is 301 g/mol. The fourth-order valence-electron chi connectivity index (χ4n) is 1.08. The Bertz CT molecular complexity index is 370. The van der Waals surface area contributed by atoms with E-state index in [0.717, 1.165) is 5.33 Å². The minimum atomic E-state index is -0.0620. The van der Waals surface area contributed by atoms with Gasteiger partial charge in [-0.25, -0.2) is 0 Å². The highest BCUT2D eigenvalue weighted by molar-refractivity contribution is 9.09. The summed E-state index contributed by atoms with van der Waals surface area (Å²) in [7, 11) is 1.74. The lowest BCUT2D eigenvalue weighted by Crippen LogP contribution is -2.28. The smallest absolute Gasteiger partial charge is 0.253 e. The molecule has 0 unspecified atom stereocenters. The summed E-state index contributed by atoms with van der Waals surface area (Å²) in [6.45, 7) is 0.652. The molecule has 0 aliphatic rings. The maximum Gasteiger partial charge on any atom is 0.253 e. The van der Waals surface area contributed by atoms with E-state index >= 15 is 0 Å². The topological polar surface area (TPSA) is 20.3 Å². The van der Waals surface area contributed by atoms with Gasteiger partial charge in [-0.3, -0.25) is 4.79 Å². The van der Waals surface area contributed by atoms with Gasteiger partial charge in [-0.2, -0.15) is 0 Å². The summed E-state index contributed by atoms with van der Waals surface area (Å²) < 4.78 is 0. The number of rotatable bonds is 3. The molecule has 82 valence electrons. The van der Waals surface area contributed by atoms with E-state index in [0.29, 0.717) is 22.2 Å². The molecule has 1 aromatic rings. The van der Waals surface area contributed by atoms with Gasteiger partial charge >= 0.3 is 0 Å². The molecule has 0 heterocycles. The van der Waals surface area contributed by atoms with Crippen molar-refractivity contribution in [2.24, 2.45) is 0 Å². The number of benzene rings is 1. The molecule has 0 fully saturated rings. The molecule has 0 radical (unpaired) electrons. The van der Waals surface area contributed by atoms with Crippen LogP contribution >= 0.6 is 39.1 Å². The van der Waals surface area contributed by atoms with Crippen molar-refractivity contribution < 1.29 is 4.79 Å². The molecule has 2 nitrogen and oxygen atoms in total. The van der Waals surface area contributed by atoms with Crippen LogP contribution in [0.1, 0.15) is 10.4 Å². The molecule has 0 atom stereocenters. The molecule has 15 heavy (non-hydrogen) atoms. The summed E-state index contributed by atoms with van der Waals surface area (Å²) in [5.74, 6) is -0.0620. The summed E-state index contributed by atoms with van der Waals surface area (Å²) in [6.07, 6.45) is 0. The number of hydrogen-bond acceptors (Lipinski definition) is 1. The molecule has 0 aliphatic carbocycles. The maximum atomic E-state index is 11.8. The molecule has 1 aromatic carbocycles. The third kappa shape index (κ3) is 3.37. The second-order valence-corrected chi connectivity index (χ2v) is 4.65. The van der Waals surface area contributed by atoms with Gasteiger partial charge in [-0.15, -0.1) is 0 Å². The van der Waals surface area contributed by atoms with Crippen LogP contribution in [0.2, 0.25) is 10.0 Å². The van der Waals surface area contributed by atoms with Crippen molar-refractivity contribution in [1.29, 1.82) is 0 Å². The molecule has 1 amide bonds.